The molecule has 1 unspecified atom stereocenters. The summed E-state index contributed by atoms with van der Waals surface area (Å²) in [4.78, 5) is 4.43. The van der Waals surface area contributed by atoms with Gasteiger partial charge in [-0.15, -0.1) is 0 Å². The maximum atomic E-state index is 12.0. The number of nitrogens with zero attached hydrogens (tertiary/aromatic N) is 4. The van der Waals surface area contributed by atoms with Crippen LogP contribution in [0, 0.1) is 0 Å². The average Bonchev–Trinajstić information content (AvgIpc) is 3.15. The largest absolute Gasteiger partial charge is 0.365 e. The molecule has 0 spiro atoms. The number of pyridine rings is 1. The van der Waals surface area contributed by atoms with Crippen molar-refractivity contribution in [3.8, 4) is 0 Å². The summed E-state index contributed by atoms with van der Waals surface area (Å²) in [7, 11) is -1.83. The Labute approximate surface area is 180 Å². The predicted molar refractivity (Wildman–Crippen MR) is 118 cm³/mol. The molecule has 160 valence electrons. The van der Waals surface area contributed by atoms with Gasteiger partial charge in [-0.25, -0.2) is 18.1 Å². The minimum Gasteiger partial charge on any atom is -0.365 e. The Hall–Kier alpha value is -2.36. The van der Waals surface area contributed by atoms with Crippen LogP contribution in [0.2, 0.25) is 5.15 Å². The summed E-state index contributed by atoms with van der Waals surface area (Å²) in [6.45, 7) is 1.10. The van der Waals surface area contributed by atoms with E-state index in [1.165, 1.54) is 17.6 Å². The topological polar surface area (TPSA) is 89.3 Å². The summed E-state index contributed by atoms with van der Waals surface area (Å²) in [5.74, 6) is 0.594. The molecular formula is C20H24ClN5O3S. The first kappa shape index (κ1) is 20.9. The van der Waals surface area contributed by atoms with Gasteiger partial charge in [-0.1, -0.05) is 29.8 Å². The van der Waals surface area contributed by atoms with E-state index < -0.39 is 10.0 Å². The number of sulfonamides is 1. The number of rotatable bonds is 6. The van der Waals surface area contributed by atoms with Gasteiger partial charge in [-0.2, -0.15) is 5.10 Å². The quantitative estimate of drug-likeness (QED) is 0.576. The Balaban J connectivity index is 1.64. The van der Waals surface area contributed by atoms with E-state index in [0.717, 1.165) is 42.3 Å². The minimum atomic E-state index is -3.37. The number of para-hydroxylation sites is 1. The highest BCUT2D eigenvalue weighted by Gasteiger charge is 2.21. The van der Waals surface area contributed by atoms with Gasteiger partial charge in [0.15, 0.2) is 6.23 Å². The fourth-order valence-electron chi connectivity index (χ4n) is 3.62. The van der Waals surface area contributed by atoms with E-state index in [0.29, 0.717) is 23.2 Å². The monoisotopic (exact) mass is 449 g/mol. The van der Waals surface area contributed by atoms with Crippen LogP contribution in [0.4, 0.5) is 11.5 Å². The Bertz CT molecular complexity index is 1160. The van der Waals surface area contributed by atoms with Crippen LogP contribution in [-0.4, -0.2) is 43.1 Å². The zero-order chi connectivity index (χ0) is 21.3. The Morgan fingerprint density at radius 3 is 2.87 bits per heavy atom. The maximum Gasteiger partial charge on any atom is 0.232 e. The number of anilines is 2. The summed E-state index contributed by atoms with van der Waals surface area (Å²) in [6, 6.07) is 9.13. The van der Waals surface area contributed by atoms with Crippen LogP contribution in [0.3, 0.4) is 0 Å². The number of halogens is 1. The Kier molecular flexibility index (Phi) is 5.86. The molecule has 1 aliphatic rings. The van der Waals surface area contributed by atoms with Gasteiger partial charge in [-0.3, -0.25) is 4.31 Å². The minimum absolute atomic E-state index is 0.105. The van der Waals surface area contributed by atoms with E-state index in [4.69, 9.17) is 16.3 Å². The summed E-state index contributed by atoms with van der Waals surface area (Å²) in [6.07, 6.45) is 5.90. The number of hydrogen-bond acceptors (Lipinski definition) is 6. The number of fused-ring (bicyclic) bond motifs is 1. The van der Waals surface area contributed by atoms with Crippen LogP contribution in [0.1, 0.15) is 31.1 Å². The van der Waals surface area contributed by atoms with Crippen molar-refractivity contribution >= 4 is 44.0 Å². The van der Waals surface area contributed by atoms with Crippen LogP contribution in [0.5, 0.6) is 0 Å². The van der Waals surface area contributed by atoms with Crippen LogP contribution < -0.4 is 9.62 Å². The van der Waals surface area contributed by atoms with Gasteiger partial charge in [-0.05, 0) is 30.9 Å². The molecule has 8 nitrogen and oxygen atoms in total. The number of nitrogens with one attached hydrogen (secondary N) is 1. The van der Waals surface area contributed by atoms with Crippen molar-refractivity contribution in [1.29, 1.82) is 0 Å². The first-order valence-electron chi connectivity index (χ1n) is 9.75. The summed E-state index contributed by atoms with van der Waals surface area (Å²) >= 11 is 6.29. The molecule has 2 aromatic heterocycles. The normalized spacial score (nSPS) is 17.2. The second-order valence-electron chi connectivity index (χ2n) is 7.35. The third-order valence-corrected chi connectivity index (χ3v) is 6.65. The highest BCUT2D eigenvalue weighted by Crippen LogP contribution is 2.31. The van der Waals surface area contributed by atoms with Gasteiger partial charge >= 0.3 is 0 Å². The molecule has 0 saturated carbocycles. The van der Waals surface area contributed by atoms with Crippen molar-refractivity contribution < 1.29 is 13.2 Å². The lowest BCUT2D eigenvalue weighted by molar-refractivity contribution is -0.0366. The van der Waals surface area contributed by atoms with Crippen molar-refractivity contribution in [3.63, 3.8) is 0 Å². The molecule has 4 rings (SSSR count). The number of ether oxygens (including phenoxy) is 1. The highest BCUT2D eigenvalue weighted by atomic mass is 35.5. The smallest absolute Gasteiger partial charge is 0.232 e. The molecule has 3 heterocycles. The Morgan fingerprint density at radius 2 is 2.13 bits per heavy atom. The first-order chi connectivity index (χ1) is 14.3. The number of benzene rings is 1. The van der Waals surface area contributed by atoms with Crippen molar-refractivity contribution in [2.24, 2.45) is 0 Å². The fourth-order valence-corrected chi connectivity index (χ4v) is 4.34. The summed E-state index contributed by atoms with van der Waals surface area (Å²) in [5.41, 5.74) is 2.28. The molecule has 30 heavy (non-hydrogen) atoms. The lowest BCUT2D eigenvalue weighted by Crippen LogP contribution is -2.26. The van der Waals surface area contributed by atoms with Gasteiger partial charge in [0.1, 0.15) is 11.0 Å². The second-order valence-corrected chi connectivity index (χ2v) is 9.75. The zero-order valence-corrected chi connectivity index (χ0v) is 18.4. The molecule has 1 atom stereocenters. The van der Waals surface area contributed by atoms with Crippen LogP contribution >= 0.6 is 11.6 Å². The molecule has 1 fully saturated rings. The van der Waals surface area contributed by atoms with Gasteiger partial charge in [0, 0.05) is 26.3 Å². The van der Waals surface area contributed by atoms with Crippen molar-refractivity contribution in [3.05, 3.63) is 47.2 Å². The Morgan fingerprint density at radius 1 is 1.33 bits per heavy atom. The summed E-state index contributed by atoms with van der Waals surface area (Å²) < 4.78 is 33.0. The summed E-state index contributed by atoms with van der Waals surface area (Å²) in [5, 5.41) is 9.00. The lowest BCUT2D eigenvalue weighted by atomic mass is 10.1. The third kappa shape index (κ3) is 4.23. The molecule has 1 aromatic carbocycles. The zero-order valence-electron chi connectivity index (χ0n) is 16.9. The van der Waals surface area contributed by atoms with E-state index in [2.05, 4.69) is 15.4 Å². The third-order valence-electron chi connectivity index (χ3n) is 5.27. The number of aromatic nitrogens is 3. The predicted octanol–water partition coefficient (Wildman–Crippen LogP) is 3.79. The standard InChI is InChI=1S/C20H24ClN5O3S/c1-25(30(2,27)28)16-8-4-3-7-14(16)12-22-20-15-13-23-26(17(15)11-18(21)24-20)19-9-5-6-10-29-19/h3-4,7-8,11,13,19H,5-6,9-10,12H2,1-2H3,(H,22,24). The van der Waals surface area contributed by atoms with E-state index >= 15 is 0 Å². The molecule has 0 aliphatic carbocycles. The number of hydrogen-bond donors (Lipinski definition) is 1. The molecule has 1 N–H and O–H groups in total. The fraction of sp³-hybridized carbons (Fsp3) is 0.400. The molecule has 0 amide bonds. The highest BCUT2D eigenvalue weighted by molar-refractivity contribution is 7.92. The van der Waals surface area contributed by atoms with Crippen LogP contribution in [0.25, 0.3) is 10.9 Å². The van der Waals surface area contributed by atoms with Crippen LogP contribution in [-0.2, 0) is 21.3 Å². The van der Waals surface area contributed by atoms with Crippen LogP contribution in [0.15, 0.2) is 36.5 Å². The maximum absolute atomic E-state index is 12.0. The van der Waals surface area contributed by atoms with E-state index in [1.54, 1.807) is 18.3 Å². The van der Waals surface area contributed by atoms with Crippen molar-refractivity contribution in [2.45, 2.75) is 32.0 Å². The SMILES string of the molecule is CN(c1ccccc1CNc1nc(Cl)cc2c1cnn2C1CCCCO1)S(C)(=O)=O. The average molecular weight is 450 g/mol. The molecule has 1 saturated heterocycles. The van der Waals surface area contributed by atoms with Gasteiger partial charge in [0.05, 0.1) is 29.0 Å². The molecular weight excluding hydrogens is 426 g/mol. The van der Waals surface area contributed by atoms with E-state index in [-0.39, 0.29) is 6.23 Å². The van der Waals surface area contributed by atoms with Gasteiger partial charge in [0.2, 0.25) is 10.0 Å². The molecule has 10 heteroatoms. The van der Waals surface area contributed by atoms with Crippen molar-refractivity contribution in [1.82, 2.24) is 14.8 Å². The second kappa shape index (κ2) is 8.41. The first-order valence-corrected chi connectivity index (χ1v) is 12.0. The van der Waals surface area contributed by atoms with E-state index in [9.17, 15) is 8.42 Å². The lowest BCUT2D eigenvalue weighted by Gasteiger charge is -2.23. The van der Waals surface area contributed by atoms with Crippen molar-refractivity contribution in [2.75, 3.05) is 29.5 Å². The molecule has 0 bridgehead atoms. The van der Waals surface area contributed by atoms with Gasteiger partial charge < -0.3 is 10.1 Å². The molecule has 1 aliphatic heterocycles. The van der Waals surface area contributed by atoms with Gasteiger partial charge in [0.25, 0.3) is 0 Å². The molecule has 3 aromatic rings. The molecule has 0 radical (unpaired) electrons. The van der Waals surface area contributed by atoms with E-state index in [1.807, 2.05) is 22.9 Å².